The number of halogens is 1. The first-order valence-electron chi connectivity index (χ1n) is 7.25. The maximum absolute atomic E-state index is 10.8. The molecule has 0 bridgehead atoms. The summed E-state index contributed by atoms with van der Waals surface area (Å²) < 4.78 is 0. The van der Waals surface area contributed by atoms with E-state index in [-0.39, 0.29) is 10.6 Å². The zero-order valence-corrected chi connectivity index (χ0v) is 12.6. The van der Waals surface area contributed by atoms with Gasteiger partial charge in [-0.05, 0) is 43.5 Å². The Hall–Kier alpha value is -1.13. The first-order valence-corrected chi connectivity index (χ1v) is 7.63. The Bertz CT molecular complexity index is 471. The van der Waals surface area contributed by atoms with Crippen LogP contribution in [0.5, 0.6) is 0 Å². The van der Waals surface area contributed by atoms with E-state index in [1.807, 2.05) is 0 Å². The SMILES string of the molecule is CCCC1CCN(Cc2cc([N+](=O)[O-])ccc2Cl)CC1. The summed E-state index contributed by atoms with van der Waals surface area (Å²) in [6.45, 7) is 5.06. The van der Waals surface area contributed by atoms with Crippen LogP contribution in [0, 0.1) is 16.0 Å². The van der Waals surface area contributed by atoms with Gasteiger partial charge in [0.15, 0.2) is 0 Å². The molecule has 0 radical (unpaired) electrons. The van der Waals surface area contributed by atoms with Crippen molar-refractivity contribution in [1.29, 1.82) is 0 Å². The van der Waals surface area contributed by atoms with Crippen LogP contribution in [0.3, 0.4) is 0 Å². The van der Waals surface area contributed by atoms with E-state index in [1.54, 1.807) is 12.1 Å². The third-order valence-electron chi connectivity index (χ3n) is 4.04. The monoisotopic (exact) mass is 296 g/mol. The molecular formula is C15H21ClN2O2. The van der Waals surface area contributed by atoms with Crippen molar-refractivity contribution in [1.82, 2.24) is 4.90 Å². The largest absolute Gasteiger partial charge is 0.299 e. The highest BCUT2D eigenvalue weighted by atomic mass is 35.5. The molecule has 1 heterocycles. The molecule has 4 nitrogen and oxygen atoms in total. The second-order valence-electron chi connectivity index (χ2n) is 5.54. The van der Waals surface area contributed by atoms with Gasteiger partial charge < -0.3 is 0 Å². The van der Waals surface area contributed by atoms with Gasteiger partial charge >= 0.3 is 0 Å². The molecule has 20 heavy (non-hydrogen) atoms. The number of nitro groups is 1. The molecule has 0 atom stereocenters. The second kappa shape index (κ2) is 7.04. The number of nitrogens with zero attached hydrogens (tertiary/aromatic N) is 2. The number of benzene rings is 1. The van der Waals surface area contributed by atoms with Crippen molar-refractivity contribution >= 4 is 17.3 Å². The fourth-order valence-electron chi connectivity index (χ4n) is 2.88. The summed E-state index contributed by atoms with van der Waals surface area (Å²) in [6.07, 6.45) is 5.01. The average molecular weight is 297 g/mol. The van der Waals surface area contributed by atoms with Crippen molar-refractivity contribution in [2.45, 2.75) is 39.2 Å². The van der Waals surface area contributed by atoms with E-state index in [0.717, 1.165) is 24.6 Å². The summed E-state index contributed by atoms with van der Waals surface area (Å²) in [7, 11) is 0. The Balaban J connectivity index is 1.97. The number of hydrogen-bond acceptors (Lipinski definition) is 3. The summed E-state index contributed by atoms with van der Waals surface area (Å²) in [4.78, 5) is 12.8. The van der Waals surface area contributed by atoms with Crippen LogP contribution in [0.2, 0.25) is 5.02 Å². The molecule has 1 aromatic rings. The van der Waals surface area contributed by atoms with Gasteiger partial charge in [0.05, 0.1) is 4.92 Å². The first kappa shape index (κ1) is 15.3. The van der Waals surface area contributed by atoms with Crippen LogP contribution in [0.25, 0.3) is 0 Å². The smallest absolute Gasteiger partial charge is 0.269 e. The highest BCUT2D eigenvalue weighted by Crippen LogP contribution is 2.27. The normalized spacial score (nSPS) is 17.3. The number of likely N-dealkylation sites (tertiary alicyclic amines) is 1. The Morgan fingerprint density at radius 1 is 1.40 bits per heavy atom. The molecule has 1 saturated heterocycles. The van der Waals surface area contributed by atoms with E-state index in [9.17, 15) is 10.1 Å². The topological polar surface area (TPSA) is 46.4 Å². The van der Waals surface area contributed by atoms with Crippen molar-refractivity contribution in [3.8, 4) is 0 Å². The Labute approximate surface area is 124 Å². The zero-order chi connectivity index (χ0) is 14.5. The van der Waals surface area contributed by atoms with Crippen molar-refractivity contribution in [3.05, 3.63) is 38.9 Å². The van der Waals surface area contributed by atoms with Crippen molar-refractivity contribution in [2.24, 2.45) is 5.92 Å². The van der Waals surface area contributed by atoms with Crippen LogP contribution in [0.15, 0.2) is 18.2 Å². The minimum atomic E-state index is -0.368. The lowest BCUT2D eigenvalue weighted by Gasteiger charge is -2.32. The van der Waals surface area contributed by atoms with Gasteiger partial charge in [-0.15, -0.1) is 0 Å². The van der Waals surface area contributed by atoms with Crippen LogP contribution in [0.1, 0.15) is 38.2 Å². The van der Waals surface area contributed by atoms with E-state index < -0.39 is 0 Å². The molecule has 0 N–H and O–H groups in total. The molecule has 5 heteroatoms. The van der Waals surface area contributed by atoms with E-state index in [0.29, 0.717) is 11.6 Å². The molecule has 0 unspecified atom stereocenters. The average Bonchev–Trinajstić information content (AvgIpc) is 2.43. The van der Waals surface area contributed by atoms with Crippen LogP contribution in [-0.2, 0) is 6.54 Å². The minimum absolute atomic E-state index is 0.116. The molecule has 110 valence electrons. The number of non-ortho nitro benzene ring substituents is 1. The van der Waals surface area contributed by atoms with Gasteiger partial charge in [0, 0.05) is 23.7 Å². The van der Waals surface area contributed by atoms with E-state index in [2.05, 4.69) is 11.8 Å². The highest BCUT2D eigenvalue weighted by molar-refractivity contribution is 6.31. The molecule has 1 aliphatic heterocycles. The Morgan fingerprint density at radius 3 is 2.70 bits per heavy atom. The quantitative estimate of drug-likeness (QED) is 0.602. The molecular weight excluding hydrogens is 276 g/mol. The summed E-state index contributed by atoms with van der Waals surface area (Å²) >= 11 is 6.15. The maximum Gasteiger partial charge on any atom is 0.269 e. The van der Waals surface area contributed by atoms with E-state index >= 15 is 0 Å². The van der Waals surface area contributed by atoms with Crippen molar-refractivity contribution in [3.63, 3.8) is 0 Å². The molecule has 0 aromatic heterocycles. The summed E-state index contributed by atoms with van der Waals surface area (Å²) in [5, 5.41) is 11.4. The maximum atomic E-state index is 10.8. The van der Waals surface area contributed by atoms with Gasteiger partial charge in [0.25, 0.3) is 5.69 Å². The third-order valence-corrected chi connectivity index (χ3v) is 4.41. The van der Waals surface area contributed by atoms with Gasteiger partial charge in [-0.1, -0.05) is 31.4 Å². The number of piperidine rings is 1. The van der Waals surface area contributed by atoms with E-state index in [1.165, 1.54) is 31.7 Å². The second-order valence-corrected chi connectivity index (χ2v) is 5.95. The lowest BCUT2D eigenvalue weighted by molar-refractivity contribution is -0.384. The van der Waals surface area contributed by atoms with Gasteiger partial charge in [-0.3, -0.25) is 15.0 Å². The lowest BCUT2D eigenvalue weighted by Crippen LogP contribution is -2.33. The minimum Gasteiger partial charge on any atom is -0.299 e. The molecule has 0 spiro atoms. The number of hydrogen-bond donors (Lipinski definition) is 0. The van der Waals surface area contributed by atoms with Gasteiger partial charge in [-0.25, -0.2) is 0 Å². The molecule has 0 amide bonds. The Kier molecular flexibility index (Phi) is 5.38. The summed E-state index contributed by atoms with van der Waals surface area (Å²) in [5.74, 6) is 0.844. The lowest BCUT2D eigenvalue weighted by atomic mass is 9.92. The molecule has 1 aromatic carbocycles. The standard InChI is InChI=1S/C15H21ClN2O2/c1-2-3-12-6-8-17(9-7-12)11-13-10-14(18(19)20)4-5-15(13)16/h4-5,10,12H,2-3,6-9,11H2,1H3. The predicted molar refractivity (Wildman–Crippen MR) is 81.0 cm³/mol. The molecule has 0 saturated carbocycles. The third kappa shape index (κ3) is 3.93. The number of rotatable bonds is 5. The molecule has 1 aliphatic rings. The Morgan fingerprint density at radius 2 is 2.10 bits per heavy atom. The predicted octanol–water partition coefficient (Wildman–Crippen LogP) is 4.26. The molecule has 2 rings (SSSR count). The van der Waals surface area contributed by atoms with Crippen molar-refractivity contribution in [2.75, 3.05) is 13.1 Å². The first-order chi connectivity index (χ1) is 9.60. The van der Waals surface area contributed by atoms with Gasteiger partial charge in [-0.2, -0.15) is 0 Å². The fraction of sp³-hybridized carbons (Fsp3) is 0.600. The molecule has 1 fully saturated rings. The zero-order valence-electron chi connectivity index (χ0n) is 11.8. The van der Waals surface area contributed by atoms with Crippen LogP contribution >= 0.6 is 11.6 Å². The van der Waals surface area contributed by atoms with Crippen LogP contribution in [0.4, 0.5) is 5.69 Å². The van der Waals surface area contributed by atoms with Gasteiger partial charge in [0.2, 0.25) is 0 Å². The fourth-order valence-corrected chi connectivity index (χ4v) is 3.06. The summed E-state index contributed by atoms with van der Waals surface area (Å²) in [6, 6.07) is 4.68. The number of nitro benzene ring substituents is 1. The summed E-state index contributed by atoms with van der Waals surface area (Å²) in [5.41, 5.74) is 0.972. The van der Waals surface area contributed by atoms with Gasteiger partial charge in [0.1, 0.15) is 0 Å². The van der Waals surface area contributed by atoms with Crippen LogP contribution < -0.4 is 0 Å². The van der Waals surface area contributed by atoms with Crippen LogP contribution in [-0.4, -0.2) is 22.9 Å². The molecule has 0 aliphatic carbocycles. The highest BCUT2D eigenvalue weighted by Gasteiger charge is 2.20. The van der Waals surface area contributed by atoms with E-state index in [4.69, 9.17) is 11.6 Å². The van der Waals surface area contributed by atoms with Crippen molar-refractivity contribution < 1.29 is 4.92 Å².